The fourth-order valence-electron chi connectivity index (χ4n) is 1.87. The topological polar surface area (TPSA) is 42.4 Å². The summed E-state index contributed by atoms with van der Waals surface area (Å²) in [6.45, 7) is 3.08. The highest BCUT2D eigenvalue weighted by atomic mass is 35.5. The van der Waals surface area contributed by atoms with E-state index < -0.39 is 0 Å². The fraction of sp³-hybridized carbons (Fsp3) is 0.286. The quantitative estimate of drug-likeness (QED) is 0.872. The molecule has 0 unspecified atom stereocenters. The maximum Gasteiger partial charge on any atom is 0.117 e. The molecule has 4 heteroatoms. The van der Waals surface area contributed by atoms with Gasteiger partial charge in [-0.05, 0) is 29.8 Å². The van der Waals surface area contributed by atoms with E-state index in [-0.39, 0.29) is 0 Å². The largest absolute Gasteiger partial charge is 0.468 e. The van der Waals surface area contributed by atoms with E-state index in [4.69, 9.17) is 21.8 Å². The Morgan fingerprint density at radius 3 is 2.50 bits per heavy atom. The molecule has 0 fully saturated rings. The molecule has 0 amide bonds. The van der Waals surface area contributed by atoms with E-state index in [0.29, 0.717) is 6.54 Å². The van der Waals surface area contributed by atoms with Gasteiger partial charge >= 0.3 is 0 Å². The van der Waals surface area contributed by atoms with Gasteiger partial charge in [-0.3, -0.25) is 4.90 Å². The van der Waals surface area contributed by atoms with Crippen molar-refractivity contribution in [2.75, 3.05) is 13.1 Å². The molecule has 1 aromatic heterocycles. The summed E-state index contributed by atoms with van der Waals surface area (Å²) >= 11 is 5.88. The average Bonchev–Trinajstić information content (AvgIpc) is 2.85. The van der Waals surface area contributed by atoms with Gasteiger partial charge in [0.15, 0.2) is 0 Å². The van der Waals surface area contributed by atoms with Crippen LogP contribution in [0.25, 0.3) is 0 Å². The van der Waals surface area contributed by atoms with E-state index in [0.717, 1.165) is 30.4 Å². The molecule has 0 bridgehead atoms. The van der Waals surface area contributed by atoms with Gasteiger partial charge in [0.05, 0.1) is 12.8 Å². The highest BCUT2D eigenvalue weighted by Crippen LogP contribution is 2.13. The van der Waals surface area contributed by atoms with Crippen molar-refractivity contribution in [3.63, 3.8) is 0 Å². The minimum atomic E-state index is 0.633. The zero-order chi connectivity index (χ0) is 12.8. The predicted molar refractivity (Wildman–Crippen MR) is 73.3 cm³/mol. The summed E-state index contributed by atoms with van der Waals surface area (Å²) in [7, 11) is 0. The van der Waals surface area contributed by atoms with Crippen molar-refractivity contribution in [1.29, 1.82) is 0 Å². The second-order valence-corrected chi connectivity index (χ2v) is 4.64. The Kier molecular flexibility index (Phi) is 4.81. The number of nitrogens with two attached hydrogens (primary N) is 1. The standard InChI is InChI=1S/C14H17ClN2O/c15-13-5-3-12(4-6-13)10-17(8-7-16)11-14-2-1-9-18-14/h1-6,9H,7-8,10-11,16H2. The molecule has 0 aliphatic heterocycles. The zero-order valence-corrected chi connectivity index (χ0v) is 10.9. The van der Waals surface area contributed by atoms with E-state index in [1.807, 2.05) is 36.4 Å². The lowest BCUT2D eigenvalue weighted by Gasteiger charge is -2.20. The number of rotatable bonds is 6. The number of benzene rings is 1. The van der Waals surface area contributed by atoms with Crippen molar-refractivity contribution in [3.05, 3.63) is 59.0 Å². The molecule has 0 aliphatic rings. The Morgan fingerprint density at radius 2 is 1.89 bits per heavy atom. The molecule has 0 spiro atoms. The first-order chi connectivity index (χ1) is 8.78. The molecule has 2 rings (SSSR count). The van der Waals surface area contributed by atoms with Crippen molar-refractivity contribution in [2.24, 2.45) is 5.73 Å². The summed E-state index contributed by atoms with van der Waals surface area (Å²) in [5.41, 5.74) is 6.86. The van der Waals surface area contributed by atoms with Crippen LogP contribution in [-0.4, -0.2) is 18.0 Å². The molecule has 0 aliphatic carbocycles. The van der Waals surface area contributed by atoms with Crippen LogP contribution in [0.4, 0.5) is 0 Å². The number of hydrogen-bond donors (Lipinski definition) is 1. The molecular formula is C14H17ClN2O. The smallest absolute Gasteiger partial charge is 0.117 e. The van der Waals surface area contributed by atoms with Crippen LogP contribution in [0.3, 0.4) is 0 Å². The number of furan rings is 1. The Balaban J connectivity index is 1.99. The van der Waals surface area contributed by atoms with Crippen LogP contribution in [0.5, 0.6) is 0 Å². The molecule has 2 aromatic rings. The lowest BCUT2D eigenvalue weighted by Crippen LogP contribution is -2.28. The SMILES string of the molecule is NCCN(Cc1ccc(Cl)cc1)Cc1ccco1. The minimum Gasteiger partial charge on any atom is -0.468 e. The summed E-state index contributed by atoms with van der Waals surface area (Å²) in [5.74, 6) is 0.956. The number of hydrogen-bond acceptors (Lipinski definition) is 3. The molecule has 0 atom stereocenters. The molecule has 18 heavy (non-hydrogen) atoms. The second kappa shape index (κ2) is 6.59. The van der Waals surface area contributed by atoms with Gasteiger partial charge in [0, 0.05) is 24.7 Å². The lowest BCUT2D eigenvalue weighted by molar-refractivity contribution is 0.242. The van der Waals surface area contributed by atoms with E-state index in [9.17, 15) is 0 Å². The van der Waals surface area contributed by atoms with Gasteiger partial charge in [0.2, 0.25) is 0 Å². The first-order valence-electron chi connectivity index (χ1n) is 5.97. The molecule has 3 nitrogen and oxygen atoms in total. The summed E-state index contributed by atoms with van der Waals surface area (Å²) in [4.78, 5) is 2.25. The van der Waals surface area contributed by atoms with Crippen LogP contribution in [0.2, 0.25) is 5.02 Å². The third kappa shape index (κ3) is 3.88. The predicted octanol–water partition coefficient (Wildman–Crippen LogP) is 2.89. The van der Waals surface area contributed by atoms with E-state index in [2.05, 4.69) is 4.90 Å². The van der Waals surface area contributed by atoms with Crippen molar-refractivity contribution in [3.8, 4) is 0 Å². The molecule has 0 radical (unpaired) electrons. The van der Waals surface area contributed by atoms with Gasteiger partial charge in [0.25, 0.3) is 0 Å². The van der Waals surface area contributed by atoms with Crippen LogP contribution >= 0.6 is 11.6 Å². The van der Waals surface area contributed by atoms with Gasteiger partial charge in [-0.15, -0.1) is 0 Å². The molecular weight excluding hydrogens is 248 g/mol. The van der Waals surface area contributed by atoms with Crippen LogP contribution < -0.4 is 5.73 Å². The summed E-state index contributed by atoms with van der Waals surface area (Å²) < 4.78 is 5.36. The average molecular weight is 265 g/mol. The van der Waals surface area contributed by atoms with Crippen LogP contribution in [0, 0.1) is 0 Å². The van der Waals surface area contributed by atoms with Crippen molar-refractivity contribution >= 4 is 11.6 Å². The van der Waals surface area contributed by atoms with Gasteiger partial charge < -0.3 is 10.2 Å². The third-order valence-electron chi connectivity index (χ3n) is 2.72. The number of nitrogens with zero attached hydrogens (tertiary/aromatic N) is 1. The first-order valence-corrected chi connectivity index (χ1v) is 6.35. The number of halogens is 1. The molecule has 96 valence electrons. The fourth-order valence-corrected chi connectivity index (χ4v) is 1.99. The van der Waals surface area contributed by atoms with Gasteiger partial charge in [-0.25, -0.2) is 0 Å². The minimum absolute atomic E-state index is 0.633. The maximum atomic E-state index is 5.88. The van der Waals surface area contributed by atoms with E-state index >= 15 is 0 Å². The lowest BCUT2D eigenvalue weighted by atomic mass is 10.2. The summed E-state index contributed by atoms with van der Waals surface area (Å²) in [5, 5.41) is 0.759. The molecule has 0 saturated heterocycles. The van der Waals surface area contributed by atoms with Gasteiger partial charge in [-0.1, -0.05) is 23.7 Å². The molecule has 1 heterocycles. The van der Waals surface area contributed by atoms with Gasteiger partial charge in [0.1, 0.15) is 5.76 Å². The summed E-state index contributed by atoms with van der Waals surface area (Å²) in [6, 6.07) is 11.8. The normalized spacial score (nSPS) is 11.1. The Bertz CT molecular complexity index is 453. The first kappa shape index (κ1) is 13.1. The van der Waals surface area contributed by atoms with Gasteiger partial charge in [-0.2, -0.15) is 0 Å². The summed E-state index contributed by atoms with van der Waals surface area (Å²) in [6.07, 6.45) is 1.69. The van der Waals surface area contributed by atoms with Crippen LogP contribution in [0.15, 0.2) is 47.1 Å². The van der Waals surface area contributed by atoms with Crippen molar-refractivity contribution in [2.45, 2.75) is 13.1 Å². The highest BCUT2D eigenvalue weighted by molar-refractivity contribution is 6.30. The van der Waals surface area contributed by atoms with E-state index in [1.165, 1.54) is 5.56 Å². The second-order valence-electron chi connectivity index (χ2n) is 4.21. The zero-order valence-electron chi connectivity index (χ0n) is 10.2. The Morgan fingerprint density at radius 1 is 1.11 bits per heavy atom. The van der Waals surface area contributed by atoms with Crippen LogP contribution in [0.1, 0.15) is 11.3 Å². The maximum absolute atomic E-state index is 5.88. The van der Waals surface area contributed by atoms with Crippen molar-refractivity contribution in [1.82, 2.24) is 4.90 Å². The third-order valence-corrected chi connectivity index (χ3v) is 2.98. The highest BCUT2D eigenvalue weighted by Gasteiger charge is 2.07. The molecule has 2 N–H and O–H groups in total. The molecule has 1 aromatic carbocycles. The Labute approximate surface area is 112 Å². The van der Waals surface area contributed by atoms with E-state index in [1.54, 1.807) is 6.26 Å². The monoisotopic (exact) mass is 264 g/mol. The Hall–Kier alpha value is -1.29. The van der Waals surface area contributed by atoms with Crippen molar-refractivity contribution < 1.29 is 4.42 Å². The molecule has 0 saturated carbocycles. The van der Waals surface area contributed by atoms with Crippen LogP contribution in [-0.2, 0) is 13.1 Å².